The van der Waals surface area contributed by atoms with Gasteiger partial charge in [-0.25, -0.2) is 0 Å². The van der Waals surface area contributed by atoms with Gasteiger partial charge < -0.3 is 15.4 Å². The van der Waals surface area contributed by atoms with Crippen LogP contribution >= 0.6 is 0 Å². The number of unbranched alkanes of at least 4 members (excludes halogenated alkanes) is 1. The second kappa shape index (κ2) is 9.61. The fraction of sp³-hybridized carbons (Fsp3) is 0.333. The molecular formula is C21H26N2O3. The first-order valence-electron chi connectivity index (χ1n) is 8.85. The van der Waals surface area contributed by atoms with Crippen LogP contribution in [-0.4, -0.2) is 18.9 Å². The number of aryl methyl sites for hydroxylation is 1. The number of hydrogen-bond donors (Lipinski definition) is 2. The van der Waals surface area contributed by atoms with E-state index < -0.39 is 0 Å². The molecular weight excluding hydrogens is 328 g/mol. The van der Waals surface area contributed by atoms with Crippen LogP contribution in [0.4, 0.5) is 11.4 Å². The average molecular weight is 354 g/mol. The van der Waals surface area contributed by atoms with E-state index in [1.807, 2.05) is 12.1 Å². The van der Waals surface area contributed by atoms with Crippen LogP contribution in [0.25, 0.3) is 0 Å². The topological polar surface area (TPSA) is 67.4 Å². The molecule has 0 saturated carbocycles. The second-order valence-electron chi connectivity index (χ2n) is 6.24. The summed E-state index contributed by atoms with van der Waals surface area (Å²) in [7, 11) is 1.54. The first-order chi connectivity index (χ1) is 12.5. The van der Waals surface area contributed by atoms with Crippen LogP contribution in [0.3, 0.4) is 0 Å². The van der Waals surface area contributed by atoms with Gasteiger partial charge in [0.2, 0.25) is 11.8 Å². The van der Waals surface area contributed by atoms with E-state index in [1.165, 1.54) is 32.4 Å². The molecule has 0 aliphatic heterocycles. The van der Waals surface area contributed by atoms with Crippen molar-refractivity contribution in [3.05, 3.63) is 53.6 Å². The van der Waals surface area contributed by atoms with Gasteiger partial charge in [0.15, 0.2) is 0 Å². The van der Waals surface area contributed by atoms with Gasteiger partial charge in [0.25, 0.3) is 0 Å². The molecule has 0 fully saturated rings. The van der Waals surface area contributed by atoms with Crippen molar-refractivity contribution in [3.8, 4) is 5.75 Å². The number of ether oxygens (including phenoxy) is 1. The normalized spacial score (nSPS) is 10.3. The van der Waals surface area contributed by atoms with Gasteiger partial charge in [-0.1, -0.05) is 37.6 Å². The number of anilines is 2. The summed E-state index contributed by atoms with van der Waals surface area (Å²) in [5.74, 6) is 0.238. The summed E-state index contributed by atoms with van der Waals surface area (Å²) in [5.41, 5.74) is 3.39. The van der Waals surface area contributed by atoms with Crippen LogP contribution in [0.15, 0.2) is 42.5 Å². The summed E-state index contributed by atoms with van der Waals surface area (Å²) in [6, 6.07) is 13.3. The van der Waals surface area contributed by atoms with Gasteiger partial charge in [-0.05, 0) is 42.2 Å². The third-order valence-electron chi connectivity index (χ3n) is 4.00. The van der Waals surface area contributed by atoms with Crippen LogP contribution in [0.5, 0.6) is 5.75 Å². The molecule has 26 heavy (non-hydrogen) atoms. The lowest BCUT2D eigenvalue weighted by molar-refractivity contribution is -0.116. The minimum atomic E-state index is -0.171. The summed E-state index contributed by atoms with van der Waals surface area (Å²) in [6.45, 7) is 3.61. The molecule has 0 unspecified atom stereocenters. The van der Waals surface area contributed by atoms with Gasteiger partial charge in [0, 0.05) is 12.6 Å². The van der Waals surface area contributed by atoms with Crippen molar-refractivity contribution < 1.29 is 14.3 Å². The Morgan fingerprint density at radius 2 is 1.69 bits per heavy atom. The van der Waals surface area contributed by atoms with Crippen molar-refractivity contribution in [1.82, 2.24) is 0 Å². The summed E-state index contributed by atoms with van der Waals surface area (Å²) in [4.78, 5) is 23.6. The zero-order valence-electron chi connectivity index (χ0n) is 15.6. The Morgan fingerprint density at radius 1 is 1.00 bits per heavy atom. The van der Waals surface area contributed by atoms with Crippen molar-refractivity contribution in [2.45, 2.75) is 39.5 Å². The number of methoxy groups -OCH3 is 1. The van der Waals surface area contributed by atoms with E-state index in [0.29, 0.717) is 17.1 Å². The number of hydrogen-bond acceptors (Lipinski definition) is 3. The van der Waals surface area contributed by atoms with Crippen molar-refractivity contribution in [2.75, 3.05) is 17.7 Å². The number of amides is 2. The van der Waals surface area contributed by atoms with E-state index in [-0.39, 0.29) is 18.2 Å². The quantitative estimate of drug-likeness (QED) is 0.747. The van der Waals surface area contributed by atoms with Crippen LogP contribution in [0.2, 0.25) is 0 Å². The molecule has 0 aromatic heterocycles. The molecule has 2 rings (SSSR count). The van der Waals surface area contributed by atoms with E-state index in [2.05, 4.69) is 29.7 Å². The standard InChI is InChI=1S/C21H26N2O3/c1-4-5-6-16-7-9-17(10-8-16)13-21(25)23-19-14-18(22-15(2)24)11-12-20(19)26-3/h7-12,14H,4-6,13H2,1-3H3,(H,22,24)(H,23,25). The van der Waals surface area contributed by atoms with Crippen molar-refractivity contribution >= 4 is 23.2 Å². The van der Waals surface area contributed by atoms with E-state index in [9.17, 15) is 9.59 Å². The average Bonchev–Trinajstić information content (AvgIpc) is 2.61. The maximum atomic E-state index is 12.4. The minimum absolute atomic E-state index is 0.135. The lowest BCUT2D eigenvalue weighted by atomic mass is 10.0. The maximum absolute atomic E-state index is 12.4. The Hall–Kier alpha value is -2.82. The fourth-order valence-electron chi connectivity index (χ4n) is 2.67. The summed E-state index contributed by atoms with van der Waals surface area (Å²) < 4.78 is 5.28. The number of benzene rings is 2. The highest BCUT2D eigenvalue weighted by atomic mass is 16.5. The van der Waals surface area contributed by atoms with Crippen LogP contribution in [-0.2, 0) is 22.4 Å². The molecule has 2 aromatic rings. The Kier molecular flexibility index (Phi) is 7.21. The van der Waals surface area contributed by atoms with Crippen LogP contribution in [0.1, 0.15) is 37.8 Å². The zero-order valence-corrected chi connectivity index (χ0v) is 15.6. The molecule has 2 amide bonds. The lowest BCUT2D eigenvalue weighted by Gasteiger charge is -2.12. The molecule has 138 valence electrons. The molecule has 0 aliphatic carbocycles. The number of carbonyl (C=O) groups is 2. The molecule has 2 aromatic carbocycles. The Morgan fingerprint density at radius 3 is 2.31 bits per heavy atom. The van der Waals surface area contributed by atoms with Gasteiger partial charge >= 0.3 is 0 Å². The summed E-state index contributed by atoms with van der Waals surface area (Å²) in [5, 5.41) is 5.55. The summed E-state index contributed by atoms with van der Waals surface area (Å²) >= 11 is 0. The summed E-state index contributed by atoms with van der Waals surface area (Å²) in [6.07, 6.45) is 3.69. The van der Waals surface area contributed by atoms with E-state index in [0.717, 1.165) is 12.0 Å². The van der Waals surface area contributed by atoms with Crippen molar-refractivity contribution in [1.29, 1.82) is 0 Å². The molecule has 0 spiro atoms. The van der Waals surface area contributed by atoms with E-state index in [4.69, 9.17) is 4.74 Å². The van der Waals surface area contributed by atoms with Gasteiger partial charge in [-0.2, -0.15) is 0 Å². The minimum Gasteiger partial charge on any atom is -0.495 e. The van der Waals surface area contributed by atoms with Crippen molar-refractivity contribution in [2.24, 2.45) is 0 Å². The van der Waals surface area contributed by atoms with Crippen molar-refractivity contribution in [3.63, 3.8) is 0 Å². The number of carbonyl (C=O) groups excluding carboxylic acids is 2. The molecule has 5 heteroatoms. The first-order valence-corrected chi connectivity index (χ1v) is 8.85. The molecule has 0 radical (unpaired) electrons. The monoisotopic (exact) mass is 354 g/mol. The van der Waals surface area contributed by atoms with E-state index in [1.54, 1.807) is 18.2 Å². The maximum Gasteiger partial charge on any atom is 0.228 e. The van der Waals surface area contributed by atoms with Gasteiger partial charge in [-0.3, -0.25) is 9.59 Å². The fourth-order valence-corrected chi connectivity index (χ4v) is 2.67. The predicted octanol–water partition coefficient (Wildman–Crippen LogP) is 4.18. The predicted molar refractivity (Wildman–Crippen MR) is 105 cm³/mol. The van der Waals surface area contributed by atoms with Gasteiger partial charge in [0.1, 0.15) is 5.75 Å². The van der Waals surface area contributed by atoms with Crippen LogP contribution < -0.4 is 15.4 Å². The smallest absolute Gasteiger partial charge is 0.228 e. The van der Waals surface area contributed by atoms with Gasteiger partial charge in [0.05, 0.1) is 19.2 Å². The molecule has 2 N–H and O–H groups in total. The molecule has 5 nitrogen and oxygen atoms in total. The lowest BCUT2D eigenvalue weighted by Crippen LogP contribution is -2.15. The van der Waals surface area contributed by atoms with Crippen LogP contribution in [0, 0.1) is 0 Å². The molecule has 0 heterocycles. The number of nitrogens with one attached hydrogen (secondary N) is 2. The third kappa shape index (κ3) is 5.92. The second-order valence-corrected chi connectivity index (χ2v) is 6.24. The SMILES string of the molecule is CCCCc1ccc(CC(=O)Nc2cc(NC(C)=O)ccc2OC)cc1. The number of rotatable bonds is 8. The molecule has 0 saturated heterocycles. The highest BCUT2D eigenvalue weighted by Gasteiger charge is 2.10. The molecule has 0 aliphatic rings. The highest BCUT2D eigenvalue weighted by molar-refractivity contribution is 5.95. The third-order valence-corrected chi connectivity index (χ3v) is 4.00. The molecule has 0 atom stereocenters. The van der Waals surface area contributed by atoms with E-state index >= 15 is 0 Å². The Labute approximate surface area is 154 Å². The molecule has 0 bridgehead atoms. The first kappa shape index (κ1) is 19.5. The Balaban J connectivity index is 2.03. The highest BCUT2D eigenvalue weighted by Crippen LogP contribution is 2.28. The largest absolute Gasteiger partial charge is 0.495 e. The van der Waals surface area contributed by atoms with Gasteiger partial charge in [-0.15, -0.1) is 0 Å². The Bertz CT molecular complexity index is 754. The zero-order chi connectivity index (χ0) is 18.9.